The second-order valence-electron chi connectivity index (χ2n) is 2.91. The van der Waals surface area contributed by atoms with E-state index in [2.05, 4.69) is 15.1 Å². The molecule has 1 aromatic heterocycles. The smallest absolute Gasteiger partial charge is 0.244 e. The Labute approximate surface area is 88.9 Å². The van der Waals surface area contributed by atoms with Gasteiger partial charge >= 0.3 is 0 Å². The predicted octanol–water partition coefficient (Wildman–Crippen LogP) is 0.0555. The van der Waals surface area contributed by atoms with Crippen LogP contribution in [0.25, 0.3) is 0 Å². The van der Waals surface area contributed by atoms with E-state index in [1.165, 1.54) is 18.5 Å². The molecule has 0 fully saturated rings. The molecule has 1 heterocycles. The highest BCUT2D eigenvalue weighted by Crippen LogP contribution is 2.17. The monoisotopic (exact) mass is 230 g/mol. The van der Waals surface area contributed by atoms with E-state index in [4.69, 9.17) is 5.84 Å². The average Bonchev–Trinajstić information content (AvgIpc) is 2.26. The highest BCUT2D eigenvalue weighted by Gasteiger charge is 2.17. The molecule has 4 N–H and O–H groups in total. The van der Waals surface area contributed by atoms with Crippen LogP contribution in [-0.2, 0) is 10.0 Å². The summed E-state index contributed by atoms with van der Waals surface area (Å²) in [6.07, 6.45) is 3.45. The number of hydrazine groups is 1. The van der Waals surface area contributed by atoms with Gasteiger partial charge in [-0.05, 0) is 12.5 Å². The van der Waals surface area contributed by atoms with Gasteiger partial charge in [-0.3, -0.25) is 10.8 Å². The lowest BCUT2D eigenvalue weighted by molar-refractivity contribution is 0.580. The molecule has 0 unspecified atom stereocenters. The van der Waals surface area contributed by atoms with Gasteiger partial charge in [0.2, 0.25) is 10.0 Å². The Balaban J connectivity index is 3.04. The standard InChI is InChI=1S/C8H14N4O2S/c1-2-4-11-15(13,14)8-6-10-5-3-7(8)12-9/h3,5-6,11H,2,4,9H2,1H3,(H,10,12). The molecule has 84 valence electrons. The van der Waals surface area contributed by atoms with Crippen LogP contribution in [0.3, 0.4) is 0 Å². The van der Waals surface area contributed by atoms with Gasteiger partial charge < -0.3 is 5.43 Å². The van der Waals surface area contributed by atoms with Crippen molar-refractivity contribution in [1.82, 2.24) is 9.71 Å². The summed E-state index contributed by atoms with van der Waals surface area (Å²) >= 11 is 0. The van der Waals surface area contributed by atoms with Gasteiger partial charge in [0.1, 0.15) is 4.90 Å². The van der Waals surface area contributed by atoms with Gasteiger partial charge in [0.15, 0.2) is 0 Å². The Morgan fingerprint density at radius 3 is 2.87 bits per heavy atom. The van der Waals surface area contributed by atoms with E-state index in [9.17, 15) is 8.42 Å². The summed E-state index contributed by atoms with van der Waals surface area (Å²) in [5.74, 6) is 5.21. The average molecular weight is 230 g/mol. The molecule has 0 saturated carbocycles. The zero-order chi connectivity index (χ0) is 11.3. The number of aromatic nitrogens is 1. The summed E-state index contributed by atoms with van der Waals surface area (Å²) in [4.78, 5) is 3.81. The molecular formula is C8H14N4O2S. The molecule has 0 radical (unpaired) electrons. The second kappa shape index (κ2) is 5.06. The number of nitrogens with one attached hydrogen (secondary N) is 2. The maximum absolute atomic E-state index is 11.7. The molecule has 0 atom stereocenters. The minimum atomic E-state index is -3.52. The Hall–Kier alpha value is -1.18. The van der Waals surface area contributed by atoms with Gasteiger partial charge in [0.25, 0.3) is 0 Å². The van der Waals surface area contributed by atoms with Crippen molar-refractivity contribution in [2.45, 2.75) is 18.2 Å². The third-order valence-electron chi connectivity index (χ3n) is 1.77. The van der Waals surface area contributed by atoms with Crippen molar-refractivity contribution in [3.63, 3.8) is 0 Å². The summed E-state index contributed by atoms with van der Waals surface area (Å²) in [6.45, 7) is 2.27. The molecule has 0 aliphatic rings. The number of rotatable bonds is 5. The highest BCUT2D eigenvalue weighted by molar-refractivity contribution is 7.89. The van der Waals surface area contributed by atoms with E-state index in [0.29, 0.717) is 12.2 Å². The van der Waals surface area contributed by atoms with Gasteiger partial charge in [-0.2, -0.15) is 0 Å². The van der Waals surface area contributed by atoms with Crippen LogP contribution in [-0.4, -0.2) is 19.9 Å². The van der Waals surface area contributed by atoms with Crippen LogP contribution in [0.15, 0.2) is 23.4 Å². The van der Waals surface area contributed by atoms with Crippen molar-refractivity contribution in [2.24, 2.45) is 5.84 Å². The molecule has 7 heteroatoms. The van der Waals surface area contributed by atoms with Crippen molar-refractivity contribution in [2.75, 3.05) is 12.0 Å². The number of hydrogen-bond donors (Lipinski definition) is 3. The molecule has 0 spiro atoms. The van der Waals surface area contributed by atoms with Gasteiger partial charge in [-0.1, -0.05) is 6.92 Å². The van der Waals surface area contributed by atoms with Crippen LogP contribution in [0, 0.1) is 0 Å². The lowest BCUT2D eigenvalue weighted by Gasteiger charge is -2.09. The number of nitrogens with zero attached hydrogens (tertiary/aromatic N) is 1. The molecule has 1 aromatic rings. The number of anilines is 1. The van der Waals surface area contributed by atoms with Crippen LogP contribution < -0.4 is 16.0 Å². The number of nitrogens with two attached hydrogens (primary N) is 1. The largest absolute Gasteiger partial charge is 0.323 e. The summed E-state index contributed by atoms with van der Waals surface area (Å²) in [7, 11) is -3.52. The molecule has 0 amide bonds. The number of nitrogen functional groups attached to an aromatic ring is 1. The van der Waals surface area contributed by atoms with Crippen LogP contribution >= 0.6 is 0 Å². The topological polar surface area (TPSA) is 97.1 Å². The Kier molecular flexibility index (Phi) is 4.01. The molecule has 0 bridgehead atoms. The zero-order valence-corrected chi connectivity index (χ0v) is 9.21. The van der Waals surface area contributed by atoms with Gasteiger partial charge in [-0.25, -0.2) is 13.1 Å². The summed E-state index contributed by atoms with van der Waals surface area (Å²) in [5, 5.41) is 0. The zero-order valence-electron chi connectivity index (χ0n) is 8.40. The number of hydrogen-bond acceptors (Lipinski definition) is 5. The van der Waals surface area contributed by atoms with Crippen LogP contribution in [0.2, 0.25) is 0 Å². The number of pyridine rings is 1. The summed E-state index contributed by atoms with van der Waals surface area (Å²) in [5.41, 5.74) is 2.65. The summed E-state index contributed by atoms with van der Waals surface area (Å²) < 4.78 is 25.9. The van der Waals surface area contributed by atoms with E-state index in [1.54, 1.807) is 0 Å². The minimum Gasteiger partial charge on any atom is -0.323 e. The van der Waals surface area contributed by atoms with Gasteiger partial charge in [-0.15, -0.1) is 0 Å². The van der Waals surface area contributed by atoms with Gasteiger partial charge in [0, 0.05) is 18.9 Å². The molecule has 0 saturated heterocycles. The van der Waals surface area contributed by atoms with E-state index in [0.717, 1.165) is 6.42 Å². The predicted molar refractivity (Wildman–Crippen MR) is 57.5 cm³/mol. The first kappa shape index (κ1) is 11.9. The first-order chi connectivity index (χ1) is 7.11. The molecule has 0 aliphatic heterocycles. The molecule has 6 nitrogen and oxygen atoms in total. The lowest BCUT2D eigenvalue weighted by atomic mass is 10.4. The van der Waals surface area contributed by atoms with Crippen LogP contribution in [0.5, 0.6) is 0 Å². The molecule has 0 aromatic carbocycles. The van der Waals surface area contributed by atoms with Crippen molar-refractivity contribution < 1.29 is 8.42 Å². The molecule has 15 heavy (non-hydrogen) atoms. The van der Waals surface area contributed by atoms with Crippen molar-refractivity contribution in [3.05, 3.63) is 18.5 Å². The van der Waals surface area contributed by atoms with E-state index < -0.39 is 10.0 Å². The fourth-order valence-corrected chi connectivity index (χ4v) is 2.27. The highest BCUT2D eigenvalue weighted by atomic mass is 32.2. The second-order valence-corrected chi connectivity index (χ2v) is 4.65. The Morgan fingerprint density at radius 1 is 1.53 bits per heavy atom. The first-order valence-electron chi connectivity index (χ1n) is 4.52. The quantitative estimate of drug-likeness (QED) is 0.490. The van der Waals surface area contributed by atoms with Gasteiger partial charge in [0.05, 0.1) is 5.69 Å². The Morgan fingerprint density at radius 2 is 2.27 bits per heavy atom. The maximum Gasteiger partial charge on any atom is 0.244 e. The number of sulfonamides is 1. The third kappa shape index (κ3) is 2.88. The minimum absolute atomic E-state index is 0.0564. The fraction of sp³-hybridized carbons (Fsp3) is 0.375. The van der Waals surface area contributed by atoms with E-state index in [1.807, 2.05) is 6.92 Å². The van der Waals surface area contributed by atoms with Crippen LogP contribution in [0.4, 0.5) is 5.69 Å². The molecule has 1 rings (SSSR count). The molecular weight excluding hydrogens is 216 g/mol. The van der Waals surface area contributed by atoms with Crippen molar-refractivity contribution >= 4 is 15.7 Å². The van der Waals surface area contributed by atoms with Crippen molar-refractivity contribution in [1.29, 1.82) is 0 Å². The third-order valence-corrected chi connectivity index (χ3v) is 3.26. The molecule has 0 aliphatic carbocycles. The fourth-order valence-electron chi connectivity index (χ4n) is 1.03. The van der Waals surface area contributed by atoms with Crippen molar-refractivity contribution in [3.8, 4) is 0 Å². The van der Waals surface area contributed by atoms with E-state index in [-0.39, 0.29) is 4.90 Å². The summed E-state index contributed by atoms with van der Waals surface area (Å²) in [6, 6.07) is 1.50. The lowest BCUT2D eigenvalue weighted by Crippen LogP contribution is -2.26. The SMILES string of the molecule is CCCNS(=O)(=O)c1cnccc1NN. The first-order valence-corrected chi connectivity index (χ1v) is 6.00. The maximum atomic E-state index is 11.7. The van der Waals surface area contributed by atoms with Crippen LogP contribution in [0.1, 0.15) is 13.3 Å². The van der Waals surface area contributed by atoms with E-state index >= 15 is 0 Å². The Bertz CT molecular complexity index is 418. The normalized spacial score (nSPS) is 11.3.